The number of ketones is 1. The molecule has 214 valence electrons. The van der Waals surface area contributed by atoms with Crippen molar-refractivity contribution in [3.63, 3.8) is 0 Å². The molecular weight excluding hydrogens is 506 g/mol. The first-order valence-corrected chi connectivity index (χ1v) is 13.4. The number of nitrogens with zero attached hydrogens (tertiary/aromatic N) is 6. The summed E-state index contributed by atoms with van der Waals surface area (Å²) in [5, 5.41) is 0. The number of carbonyl (C=O) groups is 1. The van der Waals surface area contributed by atoms with Gasteiger partial charge in [0.1, 0.15) is 0 Å². The Morgan fingerprint density at radius 3 is 1.85 bits per heavy atom. The molecule has 0 radical (unpaired) electrons. The number of Topliss-reactive ketones (excluding diaryl/α,β-unsaturated/α-hetero) is 1. The Hall–Kier alpha value is -4.18. The molecule has 0 spiro atoms. The molecule has 4 rings (SSSR count). The van der Waals surface area contributed by atoms with Crippen LogP contribution < -0.4 is 26.8 Å². The number of hydrogen-bond donors (Lipinski definition) is 1. The minimum Gasteiger partial charge on any atom is -0.378 e. The zero-order chi connectivity index (χ0) is 29.4. The maximum atomic E-state index is 12.4. The average molecular weight is 548 g/mol. The van der Waals surface area contributed by atoms with Crippen molar-refractivity contribution >= 4 is 28.3 Å². The summed E-state index contributed by atoms with van der Waals surface area (Å²) in [6.07, 6.45) is 4.39. The van der Waals surface area contributed by atoms with E-state index in [1.54, 1.807) is 7.05 Å². The summed E-state index contributed by atoms with van der Waals surface area (Å²) in [5.74, 6) is 0.0279. The fraction of sp³-hybridized carbons (Fsp3) is 0.400. The molecule has 2 aromatic carbocycles. The van der Waals surface area contributed by atoms with E-state index in [0.29, 0.717) is 12.1 Å². The van der Waals surface area contributed by atoms with Gasteiger partial charge in [0.15, 0.2) is 16.9 Å². The SMILES string of the molecule is CN(C)c1ccc(CCCC(=O)Cn2cnc3c2c(=O)n(C)c(=O)n3C)cc1.CN(C)c1ccc(CCN)cc1. The lowest BCUT2D eigenvalue weighted by atomic mass is 10.1. The van der Waals surface area contributed by atoms with Crippen LogP contribution in [0.15, 0.2) is 64.4 Å². The van der Waals surface area contributed by atoms with Crippen LogP contribution in [0.1, 0.15) is 24.0 Å². The van der Waals surface area contributed by atoms with Crippen LogP contribution in [-0.2, 0) is 38.3 Å². The zero-order valence-electron chi connectivity index (χ0n) is 24.4. The van der Waals surface area contributed by atoms with E-state index in [1.807, 2.05) is 33.1 Å². The van der Waals surface area contributed by atoms with Gasteiger partial charge >= 0.3 is 5.69 Å². The number of carbonyl (C=O) groups excluding carboxylic acids is 1. The summed E-state index contributed by atoms with van der Waals surface area (Å²) in [6, 6.07) is 16.8. The quantitative estimate of drug-likeness (QED) is 0.324. The van der Waals surface area contributed by atoms with E-state index in [9.17, 15) is 14.4 Å². The van der Waals surface area contributed by atoms with Gasteiger partial charge in [-0.3, -0.25) is 18.7 Å². The molecule has 0 saturated carbocycles. The van der Waals surface area contributed by atoms with Crippen molar-refractivity contribution in [1.82, 2.24) is 18.7 Å². The van der Waals surface area contributed by atoms with Gasteiger partial charge in [-0.15, -0.1) is 0 Å². The van der Waals surface area contributed by atoms with Crippen LogP contribution in [-0.4, -0.2) is 59.2 Å². The van der Waals surface area contributed by atoms with Crippen molar-refractivity contribution in [2.75, 3.05) is 44.5 Å². The average Bonchev–Trinajstić information content (AvgIpc) is 3.35. The fourth-order valence-electron chi connectivity index (χ4n) is 4.36. The molecule has 2 N–H and O–H groups in total. The molecule has 10 nitrogen and oxygen atoms in total. The van der Waals surface area contributed by atoms with Crippen LogP contribution in [0, 0.1) is 0 Å². The van der Waals surface area contributed by atoms with Gasteiger partial charge in [-0.2, -0.15) is 0 Å². The van der Waals surface area contributed by atoms with Gasteiger partial charge in [-0.1, -0.05) is 24.3 Å². The lowest BCUT2D eigenvalue weighted by molar-refractivity contribution is -0.119. The lowest BCUT2D eigenvalue weighted by Crippen LogP contribution is -2.37. The molecule has 4 aromatic rings. The van der Waals surface area contributed by atoms with Crippen LogP contribution in [0.25, 0.3) is 11.2 Å². The number of rotatable bonds is 10. The normalized spacial score (nSPS) is 10.8. The number of nitrogens with two attached hydrogens (primary N) is 1. The molecule has 0 aliphatic rings. The van der Waals surface area contributed by atoms with Crippen molar-refractivity contribution < 1.29 is 4.79 Å². The number of fused-ring (bicyclic) bond motifs is 1. The Labute approximate surface area is 235 Å². The predicted molar refractivity (Wildman–Crippen MR) is 162 cm³/mol. The molecule has 0 aliphatic carbocycles. The molecule has 0 unspecified atom stereocenters. The van der Waals surface area contributed by atoms with Gasteiger partial charge in [0, 0.05) is 60.1 Å². The van der Waals surface area contributed by atoms with E-state index in [2.05, 4.69) is 58.4 Å². The van der Waals surface area contributed by atoms with Crippen LogP contribution >= 0.6 is 0 Å². The topological polar surface area (TPSA) is 111 Å². The minimum absolute atomic E-state index is 0.0279. The Morgan fingerprint density at radius 1 is 0.825 bits per heavy atom. The third-order valence-corrected chi connectivity index (χ3v) is 6.82. The largest absolute Gasteiger partial charge is 0.378 e. The summed E-state index contributed by atoms with van der Waals surface area (Å²) in [5.41, 5.74) is 10.0. The van der Waals surface area contributed by atoms with Gasteiger partial charge in [0.2, 0.25) is 0 Å². The highest BCUT2D eigenvalue weighted by Crippen LogP contribution is 2.15. The first-order chi connectivity index (χ1) is 19.0. The van der Waals surface area contributed by atoms with Crippen molar-refractivity contribution in [3.8, 4) is 0 Å². The highest BCUT2D eigenvalue weighted by Gasteiger charge is 2.15. The standard InChI is InChI=1S/C20H25N5O3.C10H16N2/c1-22(2)15-10-8-14(9-11-15)6-5-7-16(26)12-25-13-21-18-17(25)19(27)24(4)20(28)23(18)3;1-12(2)10-5-3-9(4-6-10)7-8-11/h8-11,13H,5-7,12H2,1-4H3;3-6H,7-8,11H2,1-2H3. The molecule has 40 heavy (non-hydrogen) atoms. The second kappa shape index (κ2) is 13.7. The smallest absolute Gasteiger partial charge is 0.332 e. The molecule has 0 amide bonds. The van der Waals surface area contributed by atoms with Crippen LogP contribution in [0.3, 0.4) is 0 Å². The van der Waals surface area contributed by atoms with E-state index in [4.69, 9.17) is 5.73 Å². The van der Waals surface area contributed by atoms with Crippen molar-refractivity contribution in [3.05, 3.63) is 86.8 Å². The Morgan fingerprint density at radius 2 is 1.35 bits per heavy atom. The monoisotopic (exact) mass is 547 g/mol. The van der Waals surface area contributed by atoms with Crippen molar-refractivity contribution in [2.45, 2.75) is 32.2 Å². The van der Waals surface area contributed by atoms with Crippen molar-refractivity contribution in [1.29, 1.82) is 0 Å². The fourth-order valence-corrected chi connectivity index (χ4v) is 4.36. The van der Waals surface area contributed by atoms with Gasteiger partial charge < -0.3 is 20.1 Å². The number of aromatic nitrogens is 4. The third-order valence-electron chi connectivity index (χ3n) is 6.82. The molecule has 10 heteroatoms. The van der Waals surface area contributed by atoms with Gasteiger partial charge in [-0.25, -0.2) is 9.78 Å². The summed E-state index contributed by atoms with van der Waals surface area (Å²) in [4.78, 5) is 45.1. The Bertz CT molecular complexity index is 1530. The van der Waals surface area contributed by atoms with E-state index < -0.39 is 11.2 Å². The van der Waals surface area contributed by atoms with E-state index in [-0.39, 0.29) is 17.8 Å². The number of imidazole rings is 1. The van der Waals surface area contributed by atoms with Crippen LogP contribution in [0.2, 0.25) is 0 Å². The van der Waals surface area contributed by atoms with Crippen molar-refractivity contribution in [2.24, 2.45) is 19.8 Å². The van der Waals surface area contributed by atoms with Gasteiger partial charge in [-0.05, 0) is 61.2 Å². The number of hydrogen-bond acceptors (Lipinski definition) is 7. The molecule has 0 saturated heterocycles. The lowest BCUT2D eigenvalue weighted by Gasteiger charge is -2.12. The summed E-state index contributed by atoms with van der Waals surface area (Å²) in [6.45, 7) is 0.796. The third kappa shape index (κ3) is 7.47. The first kappa shape index (κ1) is 30.4. The zero-order valence-corrected chi connectivity index (χ0v) is 24.4. The highest BCUT2D eigenvalue weighted by molar-refractivity contribution is 5.80. The molecule has 0 fully saturated rings. The first-order valence-electron chi connectivity index (χ1n) is 13.4. The molecule has 2 aromatic heterocycles. The minimum atomic E-state index is -0.440. The maximum Gasteiger partial charge on any atom is 0.332 e. The molecular formula is C30H41N7O3. The van der Waals surface area contributed by atoms with E-state index in [1.165, 1.54) is 39.3 Å². The second-order valence-electron chi connectivity index (χ2n) is 10.3. The van der Waals surface area contributed by atoms with Gasteiger partial charge in [0.05, 0.1) is 12.9 Å². The summed E-state index contributed by atoms with van der Waals surface area (Å²) in [7, 11) is 11.1. The predicted octanol–water partition coefficient (Wildman–Crippen LogP) is 2.35. The van der Waals surface area contributed by atoms with Crippen LogP contribution in [0.4, 0.5) is 11.4 Å². The van der Waals surface area contributed by atoms with E-state index in [0.717, 1.165) is 36.1 Å². The van der Waals surface area contributed by atoms with Crippen LogP contribution in [0.5, 0.6) is 0 Å². The summed E-state index contributed by atoms with van der Waals surface area (Å²) < 4.78 is 3.88. The van der Waals surface area contributed by atoms with E-state index >= 15 is 0 Å². The molecule has 2 heterocycles. The molecule has 0 atom stereocenters. The van der Waals surface area contributed by atoms with Gasteiger partial charge in [0.25, 0.3) is 5.56 Å². The number of benzene rings is 2. The number of aryl methyl sites for hydroxylation is 2. The Balaban J connectivity index is 0.000000307. The Kier molecular flexibility index (Phi) is 10.4. The second-order valence-corrected chi connectivity index (χ2v) is 10.3. The summed E-state index contributed by atoms with van der Waals surface area (Å²) >= 11 is 0. The highest BCUT2D eigenvalue weighted by atomic mass is 16.2. The number of anilines is 2. The molecule has 0 bridgehead atoms. The molecule has 0 aliphatic heterocycles. The maximum absolute atomic E-state index is 12.4.